The van der Waals surface area contributed by atoms with Crippen molar-refractivity contribution in [3.63, 3.8) is 0 Å². The maximum absolute atomic E-state index is 11.6. The minimum Gasteiger partial charge on any atom is -0.370 e. The van der Waals surface area contributed by atoms with Crippen molar-refractivity contribution in [3.8, 4) is 0 Å². The van der Waals surface area contributed by atoms with Gasteiger partial charge in [-0.2, -0.15) is 0 Å². The van der Waals surface area contributed by atoms with Gasteiger partial charge in [0.1, 0.15) is 6.61 Å². The molecule has 0 spiro atoms. The van der Waals surface area contributed by atoms with Crippen LogP contribution in [-0.2, 0) is 4.74 Å². The molecule has 6 heteroatoms. The van der Waals surface area contributed by atoms with E-state index in [1.165, 1.54) is 11.3 Å². The van der Waals surface area contributed by atoms with E-state index < -0.39 is 0 Å². The molecule has 1 saturated heterocycles. The third-order valence-corrected chi connectivity index (χ3v) is 3.22. The molecule has 0 amide bonds. The molecule has 1 aromatic heterocycles. The number of ketones is 1. The fourth-order valence-corrected chi connectivity index (χ4v) is 2.14. The SMILES string of the molecule is Cl.O=C(COC1CCNCC1)c1nccs1. The molecule has 0 atom stereocenters. The molecule has 2 rings (SSSR count). The second-order valence-corrected chi connectivity index (χ2v) is 4.42. The first-order valence-corrected chi connectivity index (χ1v) is 5.99. The predicted molar refractivity (Wildman–Crippen MR) is 65.5 cm³/mol. The summed E-state index contributed by atoms with van der Waals surface area (Å²) in [5.74, 6) is -0.0106. The first-order chi connectivity index (χ1) is 7.36. The lowest BCUT2D eigenvalue weighted by molar-refractivity contribution is 0.0317. The van der Waals surface area contributed by atoms with Crippen molar-refractivity contribution >= 4 is 29.5 Å². The van der Waals surface area contributed by atoms with E-state index in [0.29, 0.717) is 5.01 Å². The lowest BCUT2D eigenvalue weighted by atomic mass is 10.1. The zero-order chi connectivity index (χ0) is 10.5. The molecule has 0 saturated carbocycles. The van der Waals surface area contributed by atoms with E-state index in [4.69, 9.17) is 4.74 Å². The van der Waals surface area contributed by atoms with Gasteiger partial charge in [0.25, 0.3) is 0 Å². The van der Waals surface area contributed by atoms with Crippen molar-refractivity contribution in [2.75, 3.05) is 19.7 Å². The molecule has 0 aromatic carbocycles. The number of hydrogen-bond donors (Lipinski definition) is 1. The number of aromatic nitrogens is 1. The third-order valence-electron chi connectivity index (χ3n) is 2.41. The summed E-state index contributed by atoms with van der Waals surface area (Å²) in [4.78, 5) is 15.5. The number of carbonyl (C=O) groups is 1. The maximum Gasteiger partial charge on any atom is 0.216 e. The molecule has 4 nitrogen and oxygen atoms in total. The smallest absolute Gasteiger partial charge is 0.216 e. The van der Waals surface area contributed by atoms with E-state index in [-0.39, 0.29) is 30.9 Å². The van der Waals surface area contributed by atoms with Gasteiger partial charge in [-0.1, -0.05) is 0 Å². The zero-order valence-corrected chi connectivity index (χ0v) is 10.5. The molecule has 0 unspecified atom stereocenters. The molecule has 1 N–H and O–H groups in total. The standard InChI is InChI=1S/C10H14N2O2S.ClH/c13-9(10-12-5-6-15-10)7-14-8-1-3-11-4-2-8;/h5-6,8,11H,1-4,7H2;1H. The molecule has 0 radical (unpaired) electrons. The summed E-state index contributed by atoms with van der Waals surface area (Å²) >= 11 is 1.36. The van der Waals surface area contributed by atoms with Crippen molar-refractivity contribution < 1.29 is 9.53 Å². The topological polar surface area (TPSA) is 51.2 Å². The normalized spacial score (nSPS) is 16.8. The Hall–Kier alpha value is -0.490. The quantitative estimate of drug-likeness (QED) is 0.836. The predicted octanol–water partition coefficient (Wildman–Crippen LogP) is 1.52. The summed E-state index contributed by atoms with van der Waals surface area (Å²) < 4.78 is 5.55. The van der Waals surface area contributed by atoms with Gasteiger partial charge in [0.05, 0.1) is 6.10 Å². The number of piperidine rings is 1. The Kier molecular flexibility index (Phi) is 5.90. The Morgan fingerprint density at radius 1 is 1.56 bits per heavy atom. The third kappa shape index (κ3) is 3.83. The number of ether oxygens (including phenoxy) is 1. The fraction of sp³-hybridized carbons (Fsp3) is 0.600. The van der Waals surface area contributed by atoms with Gasteiger partial charge in [-0.05, 0) is 25.9 Å². The summed E-state index contributed by atoms with van der Waals surface area (Å²) in [6, 6.07) is 0. The van der Waals surface area contributed by atoms with Crippen LogP contribution in [0.15, 0.2) is 11.6 Å². The summed E-state index contributed by atoms with van der Waals surface area (Å²) in [5.41, 5.74) is 0. The van der Waals surface area contributed by atoms with Crippen LogP contribution in [0, 0.1) is 0 Å². The van der Waals surface area contributed by atoms with E-state index in [0.717, 1.165) is 25.9 Å². The highest BCUT2D eigenvalue weighted by molar-refractivity contribution is 7.11. The van der Waals surface area contributed by atoms with E-state index in [2.05, 4.69) is 10.3 Å². The van der Waals surface area contributed by atoms with Crippen LogP contribution in [0.1, 0.15) is 22.6 Å². The number of nitrogens with zero attached hydrogens (tertiary/aromatic N) is 1. The lowest BCUT2D eigenvalue weighted by Crippen LogP contribution is -2.33. The molecule has 1 aromatic rings. The summed E-state index contributed by atoms with van der Waals surface area (Å²) in [6.45, 7) is 2.13. The number of thiazole rings is 1. The number of hydrogen-bond acceptors (Lipinski definition) is 5. The highest BCUT2D eigenvalue weighted by Crippen LogP contribution is 2.10. The van der Waals surface area contributed by atoms with Gasteiger partial charge in [0.15, 0.2) is 5.01 Å². The van der Waals surface area contributed by atoms with Gasteiger partial charge < -0.3 is 10.1 Å². The Morgan fingerprint density at radius 3 is 2.94 bits per heavy atom. The van der Waals surface area contributed by atoms with Crippen LogP contribution in [0.2, 0.25) is 0 Å². The molecule has 1 aliphatic rings. The summed E-state index contributed by atoms with van der Waals surface area (Å²) in [7, 11) is 0. The average molecular weight is 263 g/mol. The van der Waals surface area contributed by atoms with Gasteiger partial charge in [-0.25, -0.2) is 4.98 Å². The van der Waals surface area contributed by atoms with Crippen molar-refractivity contribution in [2.45, 2.75) is 18.9 Å². The van der Waals surface area contributed by atoms with Crippen LogP contribution in [-0.4, -0.2) is 36.6 Å². The number of rotatable bonds is 4. The second-order valence-electron chi connectivity index (χ2n) is 3.52. The van der Waals surface area contributed by atoms with Gasteiger partial charge in [-0.3, -0.25) is 4.79 Å². The number of nitrogens with one attached hydrogen (secondary N) is 1. The monoisotopic (exact) mass is 262 g/mol. The zero-order valence-electron chi connectivity index (χ0n) is 8.85. The largest absolute Gasteiger partial charge is 0.370 e. The Balaban J connectivity index is 0.00000128. The van der Waals surface area contributed by atoms with Crippen molar-refractivity contribution in [1.82, 2.24) is 10.3 Å². The minimum atomic E-state index is -0.0106. The van der Waals surface area contributed by atoms with Crippen LogP contribution in [0.25, 0.3) is 0 Å². The van der Waals surface area contributed by atoms with Crippen LogP contribution >= 0.6 is 23.7 Å². The molecule has 16 heavy (non-hydrogen) atoms. The van der Waals surface area contributed by atoms with Gasteiger partial charge in [0, 0.05) is 11.6 Å². The van der Waals surface area contributed by atoms with Gasteiger partial charge in [-0.15, -0.1) is 23.7 Å². The Morgan fingerprint density at radius 2 is 2.31 bits per heavy atom. The number of Topliss-reactive ketones (excluding diaryl/α,β-unsaturated/α-hetero) is 1. The minimum absolute atomic E-state index is 0. The molecule has 1 aliphatic heterocycles. The Bertz CT molecular complexity index is 313. The molecule has 0 aliphatic carbocycles. The Labute approximate surface area is 105 Å². The average Bonchev–Trinajstić information content (AvgIpc) is 2.81. The lowest BCUT2D eigenvalue weighted by Gasteiger charge is -2.22. The number of halogens is 1. The van der Waals surface area contributed by atoms with Crippen molar-refractivity contribution in [3.05, 3.63) is 16.6 Å². The summed E-state index contributed by atoms with van der Waals surface area (Å²) in [5, 5.41) is 5.60. The van der Waals surface area contributed by atoms with Crippen LogP contribution < -0.4 is 5.32 Å². The van der Waals surface area contributed by atoms with Crippen molar-refractivity contribution in [1.29, 1.82) is 0 Å². The first-order valence-electron chi connectivity index (χ1n) is 5.11. The molecule has 0 bridgehead atoms. The summed E-state index contributed by atoms with van der Waals surface area (Å²) in [6.07, 6.45) is 3.86. The van der Waals surface area contributed by atoms with Gasteiger partial charge in [0.2, 0.25) is 5.78 Å². The molecule has 90 valence electrons. The van der Waals surface area contributed by atoms with Crippen LogP contribution in [0.5, 0.6) is 0 Å². The highest BCUT2D eigenvalue weighted by atomic mass is 35.5. The molecular formula is C10H15ClN2O2S. The van der Waals surface area contributed by atoms with Crippen LogP contribution in [0.4, 0.5) is 0 Å². The molecule has 1 fully saturated rings. The van der Waals surface area contributed by atoms with Gasteiger partial charge >= 0.3 is 0 Å². The van der Waals surface area contributed by atoms with E-state index >= 15 is 0 Å². The van der Waals surface area contributed by atoms with E-state index in [1.54, 1.807) is 11.6 Å². The van der Waals surface area contributed by atoms with Crippen molar-refractivity contribution in [2.24, 2.45) is 0 Å². The maximum atomic E-state index is 11.6. The van der Waals surface area contributed by atoms with Crippen LogP contribution in [0.3, 0.4) is 0 Å². The highest BCUT2D eigenvalue weighted by Gasteiger charge is 2.16. The first kappa shape index (κ1) is 13.6. The van der Waals surface area contributed by atoms with E-state index in [1.807, 2.05) is 0 Å². The van der Waals surface area contributed by atoms with E-state index in [9.17, 15) is 4.79 Å². The molecule has 2 heterocycles. The number of carbonyl (C=O) groups excluding carboxylic acids is 1. The molecular weight excluding hydrogens is 248 g/mol. The second kappa shape index (κ2) is 6.96. The fourth-order valence-electron chi connectivity index (χ4n) is 1.58.